The summed E-state index contributed by atoms with van der Waals surface area (Å²) >= 11 is 0. The van der Waals surface area contributed by atoms with Gasteiger partial charge in [-0.15, -0.1) is 10.2 Å². The van der Waals surface area contributed by atoms with Crippen molar-refractivity contribution in [3.63, 3.8) is 0 Å². The van der Waals surface area contributed by atoms with Gasteiger partial charge in [-0.2, -0.15) is 0 Å². The summed E-state index contributed by atoms with van der Waals surface area (Å²) in [6, 6.07) is 19.3. The zero-order valence-corrected chi connectivity index (χ0v) is 16.9. The predicted octanol–water partition coefficient (Wildman–Crippen LogP) is 4.94. The largest absolute Gasteiger partial charge is 0.355 e. The van der Waals surface area contributed by atoms with Crippen LogP contribution in [0.3, 0.4) is 0 Å². The van der Waals surface area contributed by atoms with Gasteiger partial charge in [0.25, 0.3) is 5.91 Å². The van der Waals surface area contributed by atoms with Gasteiger partial charge in [0.2, 0.25) is 0 Å². The molecule has 0 radical (unpaired) electrons. The molecule has 4 rings (SSSR count). The third-order valence-electron chi connectivity index (χ3n) is 5.48. The zero-order chi connectivity index (χ0) is 20.2. The lowest BCUT2D eigenvalue weighted by Gasteiger charge is -2.30. The van der Waals surface area contributed by atoms with E-state index in [9.17, 15) is 4.79 Å². The average Bonchev–Trinajstić information content (AvgIpc) is 2.75. The van der Waals surface area contributed by atoms with E-state index in [1.807, 2.05) is 67.6 Å². The van der Waals surface area contributed by atoms with Gasteiger partial charge in [0.05, 0.1) is 5.69 Å². The van der Waals surface area contributed by atoms with Gasteiger partial charge in [-0.1, -0.05) is 36.8 Å². The van der Waals surface area contributed by atoms with E-state index in [2.05, 4.69) is 27.3 Å². The van der Waals surface area contributed by atoms with Crippen LogP contribution in [0.4, 0.5) is 11.5 Å². The van der Waals surface area contributed by atoms with E-state index >= 15 is 0 Å². The second-order valence-corrected chi connectivity index (χ2v) is 7.85. The van der Waals surface area contributed by atoms with Crippen molar-refractivity contribution >= 4 is 17.4 Å². The fraction of sp³-hybridized carbons (Fsp3) is 0.292. The Hall–Kier alpha value is -3.21. The summed E-state index contributed by atoms with van der Waals surface area (Å²) in [6.07, 6.45) is 2.42. The van der Waals surface area contributed by atoms with Crippen LogP contribution in [0.25, 0.3) is 11.3 Å². The topological polar surface area (TPSA) is 58.1 Å². The van der Waals surface area contributed by atoms with Crippen LogP contribution >= 0.6 is 0 Å². The van der Waals surface area contributed by atoms with Crippen molar-refractivity contribution in [3.8, 4) is 11.3 Å². The third-order valence-corrected chi connectivity index (χ3v) is 5.48. The lowest BCUT2D eigenvalue weighted by atomic mass is 9.99. The molecule has 5 nitrogen and oxygen atoms in total. The third kappa shape index (κ3) is 4.62. The molecule has 3 aromatic rings. The normalized spacial score (nSPS) is 14.6. The van der Waals surface area contributed by atoms with Crippen LogP contribution in [0.2, 0.25) is 0 Å². The van der Waals surface area contributed by atoms with Crippen molar-refractivity contribution in [2.75, 3.05) is 23.3 Å². The van der Waals surface area contributed by atoms with Crippen LogP contribution in [-0.2, 0) is 0 Å². The minimum Gasteiger partial charge on any atom is -0.355 e. The van der Waals surface area contributed by atoms with Crippen molar-refractivity contribution in [3.05, 3.63) is 71.8 Å². The first-order chi connectivity index (χ1) is 14.1. The number of carbonyl (C=O) groups is 1. The summed E-state index contributed by atoms with van der Waals surface area (Å²) in [5.74, 6) is 1.63. The van der Waals surface area contributed by atoms with Crippen LogP contribution in [0.15, 0.2) is 60.7 Å². The Bertz CT molecular complexity index is 975. The van der Waals surface area contributed by atoms with Gasteiger partial charge in [-0.05, 0) is 62.1 Å². The highest BCUT2D eigenvalue weighted by Gasteiger charge is 2.17. The first-order valence-electron chi connectivity index (χ1n) is 10.2. The molecule has 1 saturated heterocycles. The molecule has 1 aliphatic heterocycles. The molecule has 29 heavy (non-hydrogen) atoms. The fourth-order valence-electron chi connectivity index (χ4n) is 3.60. The first-order valence-corrected chi connectivity index (χ1v) is 10.2. The number of aromatic nitrogens is 2. The quantitative estimate of drug-likeness (QED) is 0.690. The molecule has 0 atom stereocenters. The summed E-state index contributed by atoms with van der Waals surface area (Å²) in [4.78, 5) is 14.7. The summed E-state index contributed by atoms with van der Waals surface area (Å²) < 4.78 is 0. The fourth-order valence-corrected chi connectivity index (χ4v) is 3.60. The minimum absolute atomic E-state index is 0.110. The summed E-state index contributed by atoms with van der Waals surface area (Å²) in [5, 5.41) is 11.8. The maximum atomic E-state index is 12.4. The van der Waals surface area contributed by atoms with Gasteiger partial charge in [-0.3, -0.25) is 4.79 Å². The number of aryl methyl sites for hydroxylation is 1. The number of piperidine rings is 1. The molecular weight excluding hydrogens is 360 g/mol. The number of hydrogen-bond acceptors (Lipinski definition) is 4. The summed E-state index contributed by atoms with van der Waals surface area (Å²) in [7, 11) is 0. The molecule has 2 aromatic carbocycles. The minimum atomic E-state index is -0.110. The number of anilines is 2. The second-order valence-electron chi connectivity index (χ2n) is 7.85. The lowest BCUT2D eigenvalue weighted by Crippen LogP contribution is -2.33. The van der Waals surface area contributed by atoms with Crippen molar-refractivity contribution in [2.24, 2.45) is 5.92 Å². The van der Waals surface area contributed by atoms with E-state index in [1.165, 1.54) is 12.8 Å². The number of benzene rings is 2. The van der Waals surface area contributed by atoms with Crippen molar-refractivity contribution in [2.45, 2.75) is 26.7 Å². The SMILES string of the molecule is Cc1cccc(C(=O)Nc2ccc(-c3ccc(N4CCC(C)CC4)nn3)cc2)c1. The number of hydrogen-bond donors (Lipinski definition) is 1. The molecule has 0 aliphatic carbocycles. The van der Waals surface area contributed by atoms with Gasteiger partial charge in [0, 0.05) is 29.9 Å². The summed E-state index contributed by atoms with van der Waals surface area (Å²) in [5.41, 5.74) is 4.28. The van der Waals surface area contributed by atoms with Crippen molar-refractivity contribution in [1.29, 1.82) is 0 Å². The predicted molar refractivity (Wildman–Crippen MR) is 117 cm³/mol. The van der Waals surface area contributed by atoms with Crippen molar-refractivity contribution < 1.29 is 4.79 Å². The van der Waals surface area contributed by atoms with Gasteiger partial charge in [0.15, 0.2) is 5.82 Å². The van der Waals surface area contributed by atoms with Gasteiger partial charge in [-0.25, -0.2) is 0 Å². The van der Waals surface area contributed by atoms with E-state index in [1.54, 1.807) is 0 Å². The molecule has 1 amide bonds. The van der Waals surface area contributed by atoms with E-state index < -0.39 is 0 Å². The standard InChI is InChI=1S/C24H26N4O/c1-17-12-14-28(15-13-17)23-11-10-22(26-27-23)19-6-8-21(9-7-19)25-24(29)20-5-3-4-18(2)16-20/h3-11,16-17H,12-15H2,1-2H3,(H,25,29). The Morgan fingerprint density at radius 2 is 1.76 bits per heavy atom. The molecular formula is C24H26N4O. The lowest BCUT2D eigenvalue weighted by molar-refractivity contribution is 0.102. The smallest absolute Gasteiger partial charge is 0.255 e. The Morgan fingerprint density at radius 3 is 2.41 bits per heavy atom. The molecule has 0 saturated carbocycles. The van der Waals surface area contributed by atoms with Crippen molar-refractivity contribution in [1.82, 2.24) is 10.2 Å². The van der Waals surface area contributed by atoms with Crippen LogP contribution in [0.1, 0.15) is 35.7 Å². The van der Waals surface area contributed by atoms with E-state index in [-0.39, 0.29) is 5.91 Å². The number of carbonyl (C=O) groups excluding carboxylic acids is 1. The Kier molecular flexibility index (Phi) is 5.56. The monoisotopic (exact) mass is 386 g/mol. The molecule has 0 spiro atoms. The number of nitrogens with one attached hydrogen (secondary N) is 1. The highest BCUT2D eigenvalue weighted by molar-refractivity contribution is 6.04. The molecule has 5 heteroatoms. The van der Waals surface area contributed by atoms with Gasteiger partial charge < -0.3 is 10.2 Å². The van der Waals surface area contributed by atoms with E-state index in [0.29, 0.717) is 5.56 Å². The molecule has 1 aromatic heterocycles. The molecule has 1 aliphatic rings. The maximum absolute atomic E-state index is 12.4. The molecule has 1 fully saturated rings. The second kappa shape index (κ2) is 8.43. The number of nitrogens with zero attached hydrogens (tertiary/aromatic N) is 3. The number of amides is 1. The molecule has 148 valence electrons. The van der Waals surface area contributed by atoms with E-state index in [0.717, 1.165) is 47.3 Å². The van der Waals surface area contributed by atoms with E-state index in [4.69, 9.17) is 0 Å². The average molecular weight is 386 g/mol. The Labute approximate surface area is 171 Å². The van der Waals surface area contributed by atoms with Gasteiger partial charge >= 0.3 is 0 Å². The van der Waals surface area contributed by atoms with Crippen LogP contribution in [0, 0.1) is 12.8 Å². The highest BCUT2D eigenvalue weighted by atomic mass is 16.1. The molecule has 0 bridgehead atoms. The summed E-state index contributed by atoms with van der Waals surface area (Å²) in [6.45, 7) is 6.37. The molecule has 0 unspecified atom stereocenters. The Balaban J connectivity index is 1.42. The van der Waals surface area contributed by atoms with Gasteiger partial charge in [0.1, 0.15) is 0 Å². The maximum Gasteiger partial charge on any atom is 0.255 e. The first kappa shape index (κ1) is 19.1. The number of rotatable bonds is 4. The Morgan fingerprint density at radius 1 is 1.00 bits per heavy atom. The highest BCUT2D eigenvalue weighted by Crippen LogP contribution is 2.24. The van der Waals surface area contributed by atoms with Crippen LogP contribution in [-0.4, -0.2) is 29.2 Å². The van der Waals surface area contributed by atoms with Crippen LogP contribution < -0.4 is 10.2 Å². The van der Waals surface area contributed by atoms with Crippen LogP contribution in [0.5, 0.6) is 0 Å². The molecule has 1 N–H and O–H groups in total. The zero-order valence-electron chi connectivity index (χ0n) is 16.9. The molecule has 2 heterocycles.